The molecule has 2 nitrogen and oxygen atoms in total. The average molecular weight is 163 g/mol. The van der Waals surface area contributed by atoms with E-state index in [2.05, 4.69) is 16.9 Å². The molecule has 0 spiro atoms. The summed E-state index contributed by atoms with van der Waals surface area (Å²) < 4.78 is 0. The van der Waals surface area contributed by atoms with Crippen LogP contribution in [-0.2, 0) is 0 Å². The van der Waals surface area contributed by atoms with Crippen molar-refractivity contribution in [2.45, 2.75) is 6.42 Å². The Hall–Kier alpha value is -1.09. The van der Waals surface area contributed by atoms with Gasteiger partial charge in [0.05, 0.1) is 0 Å². The third-order valence-electron chi connectivity index (χ3n) is 1.45. The second-order valence-corrected chi connectivity index (χ2v) is 3.02. The van der Waals surface area contributed by atoms with E-state index in [0.29, 0.717) is 0 Å². The lowest BCUT2D eigenvalue weighted by Gasteiger charge is -1.91. The normalized spacial score (nSPS) is 13.6. The summed E-state index contributed by atoms with van der Waals surface area (Å²) in [7, 11) is 0. The van der Waals surface area contributed by atoms with E-state index in [0.717, 1.165) is 23.6 Å². The minimum atomic E-state index is 0.763. The van der Waals surface area contributed by atoms with E-state index in [1.165, 1.54) is 0 Å². The summed E-state index contributed by atoms with van der Waals surface area (Å²) in [6.45, 7) is 3.63. The van der Waals surface area contributed by atoms with Gasteiger partial charge in [0.1, 0.15) is 17.2 Å². The second-order valence-electron chi connectivity index (χ2n) is 2.27. The van der Waals surface area contributed by atoms with Crippen LogP contribution in [0.25, 0.3) is 0 Å². The quantitative estimate of drug-likeness (QED) is 0.599. The fourth-order valence-electron chi connectivity index (χ4n) is 0.974. The molecule has 11 heavy (non-hydrogen) atoms. The first kappa shape index (κ1) is 6.61. The third kappa shape index (κ3) is 1.07. The van der Waals surface area contributed by atoms with E-state index in [1.807, 2.05) is 16.8 Å². The monoisotopic (exact) mass is 163 g/mol. The summed E-state index contributed by atoms with van der Waals surface area (Å²) in [5, 5.41) is 8.31. The second kappa shape index (κ2) is 2.51. The molecule has 0 aromatic carbocycles. The molecule has 0 amide bonds. The number of amidine groups is 1. The van der Waals surface area contributed by atoms with Gasteiger partial charge < -0.3 is 0 Å². The van der Waals surface area contributed by atoms with Crippen LogP contribution in [0.4, 0.5) is 11.4 Å². The molecule has 0 saturated heterocycles. The molecule has 0 N–H and O–H groups in total. The van der Waals surface area contributed by atoms with Crippen molar-refractivity contribution in [2.75, 3.05) is 0 Å². The Morgan fingerprint density at radius 3 is 3.00 bits per heavy atom. The van der Waals surface area contributed by atoms with Crippen molar-refractivity contribution in [3.63, 3.8) is 0 Å². The smallest absolute Gasteiger partial charge is 0.133 e. The van der Waals surface area contributed by atoms with Crippen LogP contribution in [0, 0.1) is 0 Å². The fraction of sp³-hybridized carbons (Fsp3) is 0.125. The standard InChI is InChI=1S/C8H7N2S/c1-2-3-8-9-6-4-11-5-7(6)10-8/h2,4-5H,1,3H2. The van der Waals surface area contributed by atoms with Gasteiger partial charge in [-0.05, 0) is 0 Å². The predicted molar refractivity (Wildman–Crippen MR) is 48.0 cm³/mol. The van der Waals surface area contributed by atoms with Crippen LogP contribution in [0.3, 0.4) is 0 Å². The van der Waals surface area contributed by atoms with E-state index >= 15 is 0 Å². The van der Waals surface area contributed by atoms with Crippen molar-refractivity contribution in [3.05, 3.63) is 23.4 Å². The maximum absolute atomic E-state index is 4.29. The molecule has 0 fully saturated rings. The molecule has 55 valence electrons. The number of hydrogen-bond acceptors (Lipinski definition) is 2. The molecule has 1 aromatic rings. The van der Waals surface area contributed by atoms with Gasteiger partial charge in [0.25, 0.3) is 0 Å². The molecule has 0 saturated carbocycles. The van der Waals surface area contributed by atoms with Crippen LogP contribution in [0.5, 0.6) is 0 Å². The lowest BCUT2D eigenvalue weighted by molar-refractivity contribution is 1.24. The first-order chi connectivity index (χ1) is 5.40. The van der Waals surface area contributed by atoms with Crippen LogP contribution in [0.15, 0.2) is 28.4 Å². The van der Waals surface area contributed by atoms with Gasteiger partial charge in [-0.3, -0.25) is 0 Å². The van der Waals surface area contributed by atoms with Crippen LogP contribution in [-0.4, -0.2) is 5.84 Å². The SMILES string of the molecule is C=CCC1=Nc2cscc2[N]1. The van der Waals surface area contributed by atoms with E-state index < -0.39 is 0 Å². The molecule has 1 aliphatic heterocycles. The van der Waals surface area contributed by atoms with Crippen LogP contribution < -0.4 is 5.32 Å². The summed E-state index contributed by atoms with van der Waals surface area (Å²) in [5.74, 6) is 0.873. The summed E-state index contributed by atoms with van der Waals surface area (Å²) in [4.78, 5) is 4.29. The number of hydrogen-bond donors (Lipinski definition) is 0. The molecule has 0 bridgehead atoms. The van der Waals surface area contributed by atoms with Crippen molar-refractivity contribution < 1.29 is 0 Å². The first-order valence-corrected chi connectivity index (χ1v) is 4.31. The van der Waals surface area contributed by atoms with Gasteiger partial charge in [-0.1, -0.05) is 6.08 Å². The highest BCUT2D eigenvalue weighted by Gasteiger charge is 2.14. The Bertz CT molecular complexity index is 312. The molecule has 1 radical (unpaired) electrons. The van der Waals surface area contributed by atoms with Gasteiger partial charge in [0.2, 0.25) is 0 Å². The maximum Gasteiger partial charge on any atom is 0.133 e. The number of fused-ring (bicyclic) bond motifs is 1. The maximum atomic E-state index is 4.29. The van der Waals surface area contributed by atoms with Gasteiger partial charge in [-0.25, -0.2) is 10.3 Å². The molecule has 2 heterocycles. The molecule has 0 atom stereocenters. The number of rotatable bonds is 2. The minimum absolute atomic E-state index is 0.763. The zero-order valence-corrected chi connectivity index (χ0v) is 6.77. The number of nitrogens with zero attached hydrogens (tertiary/aromatic N) is 2. The van der Waals surface area contributed by atoms with Crippen molar-refractivity contribution >= 4 is 28.5 Å². The average Bonchev–Trinajstić information content (AvgIpc) is 2.46. The van der Waals surface area contributed by atoms with Crippen LogP contribution in [0.2, 0.25) is 0 Å². The molecule has 1 aromatic heterocycles. The zero-order valence-electron chi connectivity index (χ0n) is 5.95. The predicted octanol–water partition coefficient (Wildman–Crippen LogP) is 2.60. The third-order valence-corrected chi connectivity index (χ3v) is 2.17. The van der Waals surface area contributed by atoms with Gasteiger partial charge >= 0.3 is 0 Å². The van der Waals surface area contributed by atoms with E-state index in [9.17, 15) is 0 Å². The van der Waals surface area contributed by atoms with Crippen molar-refractivity contribution in [2.24, 2.45) is 4.99 Å². The van der Waals surface area contributed by atoms with Gasteiger partial charge in [-0.15, -0.1) is 17.9 Å². The Morgan fingerprint density at radius 2 is 2.27 bits per heavy atom. The summed E-state index contributed by atoms with van der Waals surface area (Å²) in [5.41, 5.74) is 2.01. The molecule has 0 unspecified atom stereocenters. The minimum Gasteiger partial charge on any atom is -0.230 e. The molecular formula is C8H7N2S. The molecule has 0 aliphatic carbocycles. The van der Waals surface area contributed by atoms with E-state index in [1.54, 1.807) is 11.3 Å². The van der Waals surface area contributed by atoms with Gasteiger partial charge in [0.15, 0.2) is 0 Å². The lowest BCUT2D eigenvalue weighted by atomic mass is 10.4. The van der Waals surface area contributed by atoms with Crippen molar-refractivity contribution in [1.29, 1.82) is 0 Å². The van der Waals surface area contributed by atoms with Gasteiger partial charge in [-0.2, -0.15) is 0 Å². The largest absolute Gasteiger partial charge is 0.230 e. The highest BCUT2D eigenvalue weighted by atomic mass is 32.1. The summed E-state index contributed by atoms with van der Waals surface area (Å²) in [6.07, 6.45) is 2.58. The number of aliphatic imine (C=N–C) groups is 1. The highest BCUT2D eigenvalue weighted by molar-refractivity contribution is 7.08. The molecule has 1 aliphatic rings. The zero-order chi connectivity index (χ0) is 7.68. The van der Waals surface area contributed by atoms with Gasteiger partial charge in [0, 0.05) is 17.2 Å². The first-order valence-electron chi connectivity index (χ1n) is 3.36. The topological polar surface area (TPSA) is 26.5 Å². The van der Waals surface area contributed by atoms with Crippen molar-refractivity contribution in [1.82, 2.24) is 5.32 Å². The fourth-order valence-corrected chi connectivity index (χ4v) is 1.65. The Kier molecular flexibility index (Phi) is 1.51. The Balaban J connectivity index is 2.24. The van der Waals surface area contributed by atoms with Crippen molar-refractivity contribution in [3.8, 4) is 0 Å². The summed E-state index contributed by atoms with van der Waals surface area (Å²) >= 11 is 1.64. The lowest BCUT2D eigenvalue weighted by Crippen LogP contribution is -2.03. The van der Waals surface area contributed by atoms with Crippen LogP contribution >= 0.6 is 11.3 Å². The summed E-state index contributed by atoms with van der Waals surface area (Å²) in [6, 6.07) is 0. The highest BCUT2D eigenvalue weighted by Crippen LogP contribution is 2.34. The van der Waals surface area contributed by atoms with E-state index in [-0.39, 0.29) is 0 Å². The Labute approximate surface area is 69.3 Å². The molecule has 3 heteroatoms. The van der Waals surface area contributed by atoms with Crippen LogP contribution in [0.1, 0.15) is 6.42 Å². The Morgan fingerprint density at radius 1 is 1.45 bits per heavy atom. The number of thiophene rings is 1. The molecular weight excluding hydrogens is 156 g/mol. The molecule has 2 rings (SSSR count). The van der Waals surface area contributed by atoms with E-state index in [4.69, 9.17) is 0 Å².